The van der Waals surface area contributed by atoms with Crippen molar-refractivity contribution in [3.05, 3.63) is 29.8 Å². The first kappa shape index (κ1) is 11.4. The van der Waals surface area contributed by atoms with Crippen molar-refractivity contribution in [2.75, 3.05) is 20.3 Å². The molecule has 1 saturated heterocycles. The lowest BCUT2D eigenvalue weighted by Crippen LogP contribution is -2.31. The van der Waals surface area contributed by atoms with E-state index in [1.54, 1.807) is 7.11 Å². The van der Waals surface area contributed by atoms with Crippen LogP contribution in [0.5, 0.6) is 5.75 Å². The van der Waals surface area contributed by atoms with Gasteiger partial charge in [-0.05, 0) is 37.1 Å². The van der Waals surface area contributed by atoms with Gasteiger partial charge >= 0.3 is 0 Å². The lowest BCUT2D eigenvalue weighted by molar-refractivity contribution is 0.153. The summed E-state index contributed by atoms with van der Waals surface area (Å²) < 4.78 is 5.13. The number of likely N-dealkylation sites (tertiary alicyclic amines) is 1. The smallest absolute Gasteiger partial charge is 0.118 e. The molecule has 0 spiro atoms. The predicted molar refractivity (Wildman–Crippen MR) is 63.5 cm³/mol. The van der Waals surface area contributed by atoms with Crippen molar-refractivity contribution in [3.8, 4) is 5.75 Å². The molecular formula is C13H19NO2. The normalized spacial score (nSPS) is 21.2. The third-order valence-corrected chi connectivity index (χ3v) is 3.25. The Labute approximate surface area is 96.6 Å². The lowest BCUT2D eigenvalue weighted by atomic mass is 10.2. The molecule has 1 aromatic rings. The Kier molecular flexibility index (Phi) is 3.80. The SMILES string of the molecule is COc1ccc(CN2CCC[C@@H]2CO)cc1. The summed E-state index contributed by atoms with van der Waals surface area (Å²) in [7, 11) is 1.68. The number of hydrogen-bond donors (Lipinski definition) is 1. The molecule has 0 bridgehead atoms. The van der Waals surface area contributed by atoms with E-state index >= 15 is 0 Å². The molecule has 16 heavy (non-hydrogen) atoms. The third kappa shape index (κ3) is 2.54. The van der Waals surface area contributed by atoms with Crippen LogP contribution in [0.1, 0.15) is 18.4 Å². The molecule has 1 N–H and O–H groups in total. The van der Waals surface area contributed by atoms with Gasteiger partial charge in [0.25, 0.3) is 0 Å². The minimum absolute atomic E-state index is 0.274. The van der Waals surface area contributed by atoms with Crippen molar-refractivity contribution in [2.45, 2.75) is 25.4 Å². The standard InChI is InChI=1S/C13H19NO2/c1-16-13-6-4-11(5-7-13)9-14-8-2-3-12(14)10-15/h4-7,12,15H,2-3,8-10H2,1H3/t12-/m1/s1. The fourth-order valence-corrected chi connectivity index (χ4v) is 2.28. The molecule has 0 aromatic heterocycles. The van der Waals surface area contributed by atoms with Crippen LogP contribution in [-0.2, 0) is 6.54 Å². The Bertz CT molecular complexity index is 323. The second-order valence-corrected chi connectivity index (χ2v) is 4.30. The zero-order valence-corrected chi connectivity index (χ0v) is 9.72. The first-order chi connectivity index (χ1) is 7.83. The van der Waals surface area contributed by atoms with Crippen molar-refractivity contribution in [1.29, 1.82) is 0 Å². The van der Waals surface area contributed by atoms with Crippen LogP contribution in [0.2, 0.25) is 0 Å². The second-order valence-electron chi connectivity index (χ2n) is 4.30. The van der Waals surface area contributed by atoms with Crippen LogP contribution in [0.15, 0.2) is 24.3 Å². The van der Waals surface area contributed by atoms with Crippen LogP contribution >= 0.6 is 0 Å². The molecule has 3 heteroatoms. The highest BCUT2D eigenvalue weighted by molar-refractivity contribution is 5.27. The maximum absolute atomic E-state index is 9.23. The van der Waals surface area contributed by atoms with Crippen LogP contribution in [0.3, 0.4) is 0 Å². The molecule has 0 unspecified atom stereocenters. The van der Waals surface area contributed by atoms with E-state index in [1.165, 1.54) is 12.0 Å². The first-order valence-corrected chi connectivity index (χ1v) is 5.81. The first-order valence-electron chi connectivity index (χ1n) is 5.81. The van der Waals surface area contributed by atoms with E-state index in [0.29, 0.717) is 6.04 Å². The second kappa shape index (κ2) is 5.32. The summed E-state index contributed by atoms with van der Waals surface area (Å²) in [5.74, 6) is 0.892. The molecule has 0 radical (unpaired) electrons. The van der Waals surface area contributed by atoms with Gasteiger partial charge in [-0.2, -0.15) is 0 Å². The number of nitrogens with zero attached hydrogens (tertiary/aromatic N) is 1. The van der Waals surface area contributed by atoms with Gasteiger partial charge in [-0.1, -0.05) is 12.1 Å². The van der Waals surface area contributed by atoms with Crippen LogP contribution in [0.4, 0.5) is 0 Å². The fourth-order valence-electron chi connectivity index (χ4n) is 2.28. The summed E-state index contributed by atoms with van der Waals surface area (Å²) in [6.45, 7) is 2.29. The highest BCUT2D eigenvalue weighted by Crippen LogP contribution is 2.20. The molecular weight excluding hydrogens is 202 g/mol. The number of ether oxygens (including phenoxy) is 1. The largest absolute Gasteiger partial charge is 0.497 e. The highest BCUT2D eigenvalue weighted by Gasteiger charge is 2.23. The summed E-state index contributed by atoms with van der Waals surface area (Å²) in [6, 6.07) is 8.50. The molecule has 1 atom stereocenters. The molecule has 3 nitrogen and oxygen atoms in total. The van der Waals surface area contributed by atoms with Crippen LogP contribution < -0.4 is 4.74 Å². The van der Waals surface area contributed by atoms with E-state index in [2.05, 4.69) is 17.0 Å². The van der Waals surface area contributed by atoms with Crippen LogP contribution in [0, 0.1) is 0 Å². The third-order valence-electron chi connectivity index (χ3n) is 3.25. The number of aliphatic hydroxyl groups is 1. The van der Waals surface area contributed by atoms with E-state index in [-0.39, 0.29) is 6.61 Å². The van der Waals surface area contributed by atoms with Crippen LogP contribution in [0.25, 0.3) is 0 Å². The van der Waals surface area contributed by atoms with Gasteiger partial charge in [0.15, 0.2) is 0 Å². The van der Waals surface area contributed by atoms with Crippen molar-refractivity contribution in [2.24, 2.45) is 0 Å². The number of benzene rings is 1. The highest BCUT2D eigenvalue weighted by atomic mass is 16.5. The van der Waals surface area contributed by atoms with Crippen molar-refractivity contribution < 1.29 is 9.84 Å². The molecule has 1 aliphatic rings. The Balaban J connectivity index is 1.97. The van der Waals surface area contributed by atoms with Gasteiger partial charge in [0.2, 0.25) is 0 Å². The van der Waals surface area contributed by atoms with Crippen molar-refractivity contribution in [1.82, 2.24) is 4.90 Å². The molecule has 1 aromatic carbocycles. The molecule has 0 aliphatic carbocycles. The van der Waals surface area contributed by atoms with E-state index in [4.69, 9.17) is 4.74 Å². The van der Waals surface area contributed by atoms with E-state index in [1.807, 2.05) is 12.1 Å². The number of hydrogen-bond acceptors (Lipinski definition) is 3. The lowest BCUT2D eigenvalue weighted by Gasteiger charge is -2.22. The number of methoxy groups -OCH3 is 1. The summed E-state index contributed by atoms with van der Waals surface area (Å²) in [4.78, 5) is 2.35. The van der Waals surface area contributed by atoms with Crippen molar-refractivity contribution >= 4 is 0 Å². The quantitative estimate of drug-likeness (QED) is 0.839. The molecule has 1 fully saturated rings. The van der Waals surface area contributed by atoms with Gasteiger partial charge in [-0.15, -0.1) is 0 Å². The Hall–Kier alpha value is -1.06. The topological polar surface area (TPSA) is 32.7 Å². The zero-order valence-electron chi connectivity index (χ0n) is 9.72. The van der Waals surface area contributed by atoms with Gasteiger partial charge < -0.3 is 9.84 Å². The number of aliphatic hydroxyl groups excluding tert-OH is 1. The minimum atomic E-state index is 0.274. The van der Waals surface area contributed by atoms with Gasteiger partial charge in [0, 0.05) is 12.6 Å². The summed E-state index contributed by atoms with van der Waals surface area (Å²) >= 11 is 0. The average molecular weight is 221 g/mol. The zero-order chi connectivity index (χ0) is 11.4. The molecule has 0 amide bonds. The van der Waals surface area contributed by atoms with Crippen LogP contribution in [-0.4, -0.2) is 36.3 Å². The van der Waals surface area contributed by atoms with E-state index in [9.17, 15) is 5.11 Å². The molecule has 0 saturated carbocycles. The summed E-state index contributed by atoms with van der Waals surface area (Å²) in [5, 5.41) is 9.23. The van der Waals surface area contributed by atoms with Gasteiger partial charge in [0.05, 0.1) is 13.7 Å². The maximum Gasteiger partial charge on any atom is 0.118 e. The van der Waals surface area contributed by atoms with E-state index < -0.39 is 0 Å². The Morgan fingerprint density at radius 3 is 2.75 bits per heavy atom. The summed E-state index contributed by atoms with van der Waals surface area (Å²) in [6.07, 6.45) is 2.31. The predicted octanol–water partition coefficient (Wildman–Crippen LogP) is 1.65. The Morgan fingerprint density at radius 1 is 1.38 bits per heavy atom. The molecule has 1 aliphatic heterocycles. The Morgan fingerprint density at radius 2 is 2.12 bits per heavy atom. The maximum atomic E-state index is 9.23. The average Bonchev–Trinajstić information content (AvgIpc) is 2.77. The minimum Gasteiger partial charge on any atom is -0.497 e. The number of rotatable bonds is 4. The van der Waals surface area contributed by atoms with Gasteiger partial charge in [-0.3, -0.25) is 4.90 Å². The van der Waals surface area contributed by atoms with Crippen molar-refractivity contribution in [3.63, 3.8) is 0 Å². The molecule has 2 rings (SSSR count). The van der Waals surface area contributed by atoms with Gasteiger partial charge in [-0.25, -0.2) is 0 Å². The monoisotopic (exact) mass is 221 g/mol. The molecule has 88 valence electrons. The summed E-state index contributed by atoms with van der Waals surface area (Å²) in [5.41, 5.74) is 1.28. The fraction of sp³-hybridized carbons (Fsp3) is 0.538. The molecule has 1 heterocycles. The van der Waals surface area contributed by atoms with E-state index in [0.717, 1.165) is 25.3 Å². The van der Waals surface area contributed by atoms with Gasteiger partial charge in [0.1, 0.15) is 5.75 Å².